The Morgan fingerprint density at radius 1 is 1.62 bits per heavy atom. The highest BCUT2D eigenvalue weighted by Gasteiger charge is 2.34. The van der Waals surface area contributed by atoms with Gasteiger partial charge in [0.1, 0.15) is 0 Å². The lowest BCUT2D eigenvalue weighted by atomic mass is 10.2. The SMILES string of the molecule is Cc1csc(C(F)(F)CCO)c1Br. The molecule has 13 heavy (non-hydrogen) atoms. The maximum absolute atomic E-state index is 13.3. The Morgan fingerprint density at radius 3 is 2.62 bits per heavy atom. The first-order valence-corrected chi connectivity index (χ1v) is 5.39. The molecular weight excluding hydrogens is 262 g/mol. The Bertz CT molecular complexity index is 298. The van der Waals surface area contributed by atoms with Gasteiger partial charge in [0.05, 0.1) is 4.88 Å². The van der Waals surface area contributed by atoms with Crippen LogP contribution < -0.4 is 0 Å². The van der Waals surface area contributed by atoms with Crippen LogP contribution in [0.2, 0.25) is 0 Å². The van der Waals surface area contributed by atoms with Crippen molar-refractivity contribution < 1.29 is 13.9 Å². The van der Waals surface area contributed by atoms with E-state index in [1.165, 1.54) is 0 Å². The van der Waals surface area contributed by atoms with Crippen molar-refractivity contribution in [3.05, 3.63) is 20.3 Å². The Hall–Kier alpha value is -0.0000000000000000555. The summed E-state index contributed by atoms with van der Waals surface area (Å²) in [5, 5.41) is 10.1. The second-order valence-corrected chi connectivity index (χ2v) is 4.41. The first-order valence-electron chi connectivity index (χ1n) is 3.72. The number of aliphatic hydroxyl groups is 1. The number of alkyl halides is 2. The molecule has 0 saturated heterocycles. The molecule has 0 radical (unpaired) electrons. The number of thiophene rings is 1. The third-order valence-electron chi connectivity index (χ3n) is 1.66. The van der Waals surface area contributed by atoms with Crippen LogP contribution in [0.4, 0.5) is 8.78 Å². The van der Waals surface area contributed by atoms with Crippen LogP contribution in [-0.2, 0) is 5.92 Å². The van der Waals surface area contributed by atoms with Crippen LogP contribution in [0.1, 0.15) is 16.9 Å². The van der Waals surface area contributed by atoms with E-state index in [1.54, 1.807) is 12.3 Å². The first-order chi connectivity index (χ1) is 5.99. The van der Waals surface area contributed by atoms with Crippen LogP contribution in [0.5, 0.6) is 0 Å². The number of aliphatic hydroxyl groups excluding tert-OH is 1. The molecule has 1 N–H and O–H groups in total. The predicted octanol–water partition coefficient (Wildman–Crippen LogP) is 3.29. The van der Waals surface area contributed by atoms with Crippen LogP contribution in [0.25, 0.3) is 0 Å². The second kappa shape index (κ2) is 4.02. The summed E-state index contributed by atoms with van der Waals surface area (Å²) < 4.78 is 27.0. The van der Waals surface area contributed by atoms with Crippen LogP contribution in [-0.4, -0.2) is 11.7 Å². The minimum absolute atomic E-state index is 0.000880. The van der Waals surface area contributed by atoms with Gasteiger partial charge < -0.3 is 5.11 Å². The molecule has 0 unspecified atom stereocenters. The minimum Gasteiger partial charge on any atom is -0.396 e. The maximum atomic E-state index is 13.3. The molecule has 1 aromatic rings. The lowest BCUT2D eigenvalue weighted by Crippen LogP contribution is -2.14. The molecule has 5 heteroatoms. The van der Waals surface area contributed by atoms with Crippen molar-refractivity contribution >= 4 is 27.3 Å². The zero-order valence-corrected chi connectivity index (χ0v) is 9.38. The van der Waals surface area contributed by atoms with Crippen molar-refractivity contribution in [2.45, 2.75) is 19.3 Å². The van der Waals surface area contributed by atoms with Gasteiger partial charge in [-0.2, -0.15) is 0 Å². The number of halogens is 3. The maximum Gasteiger partial charge on any atom is 0.285 e. The minimum atomic E-state index is -2.92. The molecule has 0 atom stereocenters. The Kier molecular flexibility index (Phi) is 3.43. The van der Waals surface area contributed by atoms with E-state index in [0.29, 0.717) is 4.47 Å². The van der Waals surface area contributed by atoms with Gasteiger partial charge in [-0.05, 0) is 33.8 Å². The van der Waals surface area contributed by atoms with Crippen molar-refractivity contribution in [2.75, 3.05) is 6.61 Å². The van der Waals surface area contributed by atoms with Gasteiger partial charge in [0.25, 0.3) is 5.92 Å². The summed E-state index contributed by atoms with van der Waals surface area (Å²) in [6.45, 7) is 1.26. The molecule has 0 aliphatic carbocycles. The molecular formula is C8H9BrF2OS. The third-order valence-corrected chi connectivity index (χ3v) is 4.15. The predicted molar refractivity (Wildman–Crippen MR) is 52.4 cm³/mol. The molecule has 0 fully saturated rings. The van der Waals surface area contributed by atoms with Crippen molar-refractivity contribution in [1.82, 2.24) is 0 Å². The number of rotatable bonds is 3. The summed E-state index contributed by atoms with van der Waals surface area (Å²) in [5.74, 6) is -2.92. The van der Waals surface area contributed by atoms with Gasteiger partial charge in [-0.1, -0.05) is 0 Å². The Morgan fingerprint density at radius 2 is 2.23 bits per heavy atom. The highest BCUT2D eigenvalue weighted by Crippen LogP contribution is 2.41. The third kappa shape index (κ3) is 2.27. The molecule has 0 saturated carbocycles. The van der Waals surface area contributed by atoms with Crippen molar-refractivity contribution in [2.24, 2.45) is 0 Å². The van der Waals surface area contributed by atoms with E-state index >= 15 is 0 Å². The normalized spacial score (nSPS) is 12.1. The lowest BCUT2D eigenvalue weighted by Gasteiger charge is -2.13. The van der Waals surface area contributed by atoms with E-state index in [1.807, 2.05) is 0 Å². The van der Waals surface area contributed by atoms with Gasteiger partial charge in [0, 0.05) is 17.5 Å². The quantitative estimate of drug-likeness (QED) is 0.894. The smallest absolute Gasteiger partial charge is 0.285 e. The molecule has 0 aromatic carbocycles. The van der Waals surface area contributed by atoms with Crippen molar-refractivity contribution in [3.63, 3.8) is 0 Å². The molecule has 1 nitrogen and oxygen atoms in total. The summed E-state index contributed by atoms with van der Waals surface area (Å²) >= 11 is 4.12. The van der Waals surface area contributed by atoms with Gasteiger partial charge in [0.15, 0.2) is 0 Å². The highest BCUT2D eigenvalue weighted by molar-refractivity contribution is 9.10. The van der Waals surface area contributed by atoms with Gasteiger partial charge in [0.2, 0.25) is 0 Å². The molecule has 0 aliphatic rings. The standard InChI is InChI=1S/C8H9BrF2OS/c1-5-4-13-7(6(5)9)8(10,11)2-3-12/h4,12H,2-3H2,1H3. The zero-order valence-electron chi connectivity index (χ0n) is 6.98. The van der Waals surface area contributed by atoms with E-state index in [2.05, 4.69) is 15.9 Å². The topological polar surface area (TPSA) is 20.2 Å². The van der Waals surface area contributed by atoms with Gasteiger partial charge in [-0.3, -0.25) is 0 Å². The summed E-state index contributed by atoms with van der Waals surface area (Å²) in [6, 6.07) is 0. The number of hydrogen-bond donors (Lipinski definition) is 1. The van der Waals surface area contributed by atoms with Crippen LogP contribution >= 0.6 is 27.3 Å². The van der Waals surface area contributed by atoms with E-state index in [4.69, 9.17) is 5.11 Å². The number of hydrogen-bond acceptors (Lipinski definition) is 2. The second-order valence-electron chi connectivity index (χ2n) is 2.74. The first kappa shape index (κ1) is 11.1. The van der Waals surface area contributed by atoms with Crippen molar-refractivity contribution in [1.29, 1.82) is 0 Å². The number of aryl methyl sites for hydroxylation is 1. The van der Waals surface area contributed by atoms with Gasteiger partial charge in [-0.25, -0.2) is 8.78 Å². The fourth-order valence-corrected chi connectivity index (χ4v) is 2.72. The summed E-state index contributed by atoms with van der Waals surface area (Å²) in [7, 11) is 0. The molecule has 1 heterocycles. The van der Waals surface area contributed by atoms with E-state index in [-0.39, 0.29) is 4.88 Å². The van der Waals surface area contributed by atoms with Crippen LogP contribution in [0.3, 0.4) is 0 Å². The Labute approximate surface area is 87.5 Å². The molecule has 0 amide bonds. The average molecular weight is 271 g/mol. The largest absolute Gasteiger partial charge is 0.396 e. The van der Waals surface area contributed by atoms with Gasteiger partial charge >= 0.3 is 0 Å². The molecule has 0 aliphatic heterocycles. The molecule has 1 rings (SSSR count). The van der Waals surface area contributed by atoms with Crippen LogP contribution in [0, 0.1) is 6.92 Å². The summed E-state index contributed by atoms with van der Waals surface area (Å²) in [6.07, 6.45) is -0.522. The monoisotopic (exact) mass is 270 g/mol. The van der Waals surface area contributed by atoms with Crippen molar-refractivity contribution in [3.8, 4) is 0 Å². The molecule has 74 valence electrons. The Balaban J connectivity index is 2.99. The fourth-order valence-electron chi connectivity index (χ4n) is 0.931. The van der Waals surface area contributed by atoms with Gasteiger partial charge in [-0.15, -0.1) is 11.3 Å². The summed E-state index contributed by atoms with van der Waals surface area (Å²) in [5.41, 5.74) is 0.803. The lowest BCUT2D eigenvalue weighted by molar-refractivity contribution is -0.0240. The van der Waals surface area contributed by atoms with E-state index in [0.717, 1.165) is 16.9 Å². The van der Waals surface area contributed by atoms with E-state index in [9.17, 15) is 8.78 Å². The highest BCUT2D eigenvalue weighted by atomic mass is 79.9. The molecule has 0 spiro atoms. The average Bonchev–Trinajstić information content (AvgIpc) is 2.33. The molecule has 0 bridgehead atoms. The van der Waals surface area contributed by atoms with E-state index < -0.39 is 19.0 Å². The molecule has 1 aromatic heterocycles. The zero-order chi connectivity index (χ0) is 10.1. The summed E-state index contributed by atoms with van der Waals surface area (Å²) in [4.78, 5) is -0.000880. The fraction of sp³-hybridized carbons (Fsp3) is 0.500. The van der Waals surface area contributed by atoms with Crippen LogP contribution in [0.15, 0.2) is 9.85 Å².